The first-order valence-electron chi connectivity index (χ1n) is 5.83. The second kappa shape index (κ2) is 6.60. The number of aryl methyl sites for hydroxylation is 1. The third-order valence-corrected chi connectivity index (χ3v) is 4.28. The van der Waals surface area contributed by atoms with Gasteiger partial charge in [0, 0.05) is 28.9 Å². The summed E-state index contributed by atoms with van der Waals surface area (Å²) in [6.45, 7) is 3.85. The standard InChI is InChI=1S/C12H17FN2O3S/c1-8-6-11(12(15(16)17)7-10(8)13)14-5-4-9(2)19(3)18/h6-7,9,14H,4-5H2,1-3H3. The molecule has 0 saturated heterocycles. The summed E-state index contributed by atoms with van der Waals surface area (Å²) in [5.74, 6) is -0.597. The van der Waals surface area contributed by atoms with Crippen LogP contribution in [0.4, 0.5) is 15.8 Å². The summed E-state index contributed by atoms with van der Waals surface area (Å²) in [4.78, 5) is 10.2. The highest BCUT2D eigenvalue weighted by Gasteiger charge is 2.17. The summed E-state index contributed by atoms with van der Waals surface area (Å²) >= 11 is 0. The molecule has 0 spiro atoms. The highest BCUT2D eigenvalue weighted by Crippen LogP contribution is 2.27. The van der Waals surface area contributed by atoms with E-state index in [4.69, 9.17) is 0 Å². The van der Waals surface area contributed by atoms with Crippen molar-refractivity contribution in [1.29, 1.82) is 0 Å². The van der Waals surface area contributed by atoms with Crippen LogP contribution in [0.2, 0.25) is 0 Å². The summed E-state index contributed by atoms with van der Waals surface area (Å²) < 4.78 is 24.5. The predicted molar refractivity (Wildman–Crippen MR) is 74.4 cm³/mol. The summed E-state index contributed by atoms with van der Waals surface area (Å²) in [6, 6.07) is 2.33. The molecule has 0 aliphatic heterocycles. The van der Waals surface area contributed by atoms with E-state index in [0.29, 0.717) is 18.5 Å². The number of hydrogen-bond donors (Lipinski definition) is 1. The zero-order valence-electron chi connectivity index (χ0n) is 11.1. The molecule has 1 N–H and O–H groups in total. The van der Waals surface area contributed by atoms with Crippen LogP contribution < -0.4 is 5.32 Å². The van der Waals surface area contributed by atoms with Crippen molar-refractivity contribution in [3.63, 3.8) is 0 Å². The first-order valence-corrected chi connectivity index (χ1v) is 7.45. The second-order valence-electron chi connectivity index (χ2n) is 4.40. The number of halogens is 1. The highest BCUT2D eigenvalue weighted by atomic mass is 32.2. The quantitative estimate of drug-likeness (QED) is 0.645. The zero-order chi connectivity index (χ0) is 14.6. The van der Waals surface area contributed by atoms with Crippen LogP contribution >= 0.6 is 0 Å². The van der Waals surface area contributed by atoms with Crippen LogP contribution in [-0.4, -0.2) is 27.2 Å². The van der Waals surface area contributed by atoms with Crippen molar-refractivity contribution in [2.75, 3.05) is 18.1 Å². The topological polar surface area (TPSA) is 72.2 Å². The van der Waals surface area contributed by atoms with E-state index in [0.717, 1.165) is 6.07 Å². The van der Waals surface area contributed by atoms with Crippen molar-refractivity contribution in [1.82, 2.24) is 0 Å². The average molecular weight is 288 g/mol. The molecule has 1 aromatic rings. The van der Waals surface area contributed by atoms with Gasteiger partial charge in [-0.3, -0.25) is 14.3 Å². The first-order chi connectivity index (χ1) is 8.82. The molecule has 0 amide bonds. The van der Waals surface area contributed by atoms with Gasteiger partial charge in [-0.15, -0.1) is 0 Å². The van der Waals surface area contributed by atoms with E-state index in [2.05, 4.69) is 5.32 Å². The van der Waals surface area contributed by atoms with Crippen LogP contribution in [0.25, 0.3) is 0 Å². The number of nitro groups is 1. The fourth-order valence-electron chi connectivity index (χ4n) is 1.54. The molecule has 0 fully saturated rings. The predicted octanol–water partition coefficient (Wildman–Crippen LogP) is 2.61. The molecule has 1 rings (SSSR count). The third kappa shape index (κ3) is 4.27. The van der Waals surface area contributed by atoms with Crippen LogP contribution in [0, 0.1) is 22.9 Å². The van der Waals surface area contributed by atoms with Crippen LogP contribution in [0.15, 0.2) is 12.1 Å². The Balaban J connectivity index is 2.80. The molecule has 0 aliphatic rings. The van der Waals surface area contributed by atoms with Crippen LogP contribution in [0.3, 0.4) is 0 Å². The van der Waals surface area contributed by atoms with E-state index < -0.39 is 21.5 Å². The van der Waals surface area contributed by atoms with Crippen LogP contribution in [0.1, 0.15) is 18.9 Å². The number of nitro benzene ring substituents is 1. The minimum Gasteiger partial charge on any atom is -0.379 e. The number of benzene rings is 1. The zero-order valence-corrected chi connectivity index (χ0v) is 11.9. The molecule has 0 aliphatic carbocycles. The van der Waals surface area contributed by atoms with Crippen LogP contribution in [0.5, 0.6) is 0 Å². The molecule has 0 bridgehead atoms. The summed E-state index contributed by atoms with van der Waals surface area (Å²) in [6.07, 6.45) is 2.24. The Bertz CT molecular complexity index is 508. The van der Waals surface area contributed by atoms with Gasteiger partial charge in [-0.05, 0) is 25.0 Å². The molecule has 0 saturated carbocycles. The lowest BCUT2D eigenvalue weighted by molar-refractivity contribution is -0.384. The number of anilines is 1. The Morgan fingerprint density at radius 1 is 1.53 bits per heavy atom. The molecule has 5 nitrogen and oxygen atoms in total. The minimum atomic E-state index is -0.924. The van der Waals surface area contributed by atoms with Gasteiger partial charge in [0.25, 0.3) is 5.69 Å². The Morgan fingerprint density at radius 3 is 2.68 bits per heavy atom. The molecular formula is C12H17FN2O3S. The molecular weight excluding hydrogens is 271 g/mol. The van der Waals surface area contributed by atoms with Crippen molar-refractivity contribution in [2.45, 2.75) is 25.5 Å². The lowest BCUT2D eigenvalue weighted by atomic mass is 10.1. The molecule has 7 heteroatoms. The summed E-state index contributed by atoms with van der Waals surface area (Å²) in [5, 5.41) is 13.8. The smallest absolute Gasteiger partial charge is 0.295 e. The van der Waals surface area contributed by atoms with Gasteiger partial charge in [0.15, 0.2) is 0 Å². The molecule has 19 heavy (non-hydrogen) atoms. The normalized spacial score (nSPS) is 13.9. The largest absolute Gasteiger partial charge is 0.379 e. The Labute approximate surface area is 113 Å². The van der Waals surface area contributed by atoms with Gasteiger partial charge >= 0.3 is 0 Å². The van der Waals surface area contributed by atoms with Gasteiger partial charge in [-0.25, -0.2) is 4.39 Å². The Kier molecular flexibility index (Phi) is 5.41. The minimum absolute atomic E-state index is 0.00750. The number of hydrogen-bond acceptors (Lipinski definition) is 4. The number of nitrogens with one attached hydrogen (secondary N) is 1. The van der Waals surface area contributed by atoms with E-state index in [9.17, 15) is 18.7 Å². The molecule has 0 heterocycles. The molecule has 2 atom stereocenters. The fraction of sp³-hybridized carbons (Fsp3) is 0.500. The molecule has 2 unspecified atom stereocenters. The third-order valence-electron chi connectivity index (χ3n) is 2.91. The van der Waals surface area contributed by atoms with E-state index in [-0.39, 0.29) is 16.6 Å². The SMILES string of the molecule is Cc1cc(NCCC(C)S(C)=O)c([N+](=O)[O-])cc1F. The van der Waals surface area contributed by atoms with Crippen molar-refractivity contribution < 1.29 is 13.5 Å². The second-order valence-corrected chi connectivity index (χ2v) is 6.20. The van der Waals surface area contributed by atoms with Gasteiger partial charge in [0.2, 0.25) is 0 Å². The fourth-order valence-corrected chi connectivity index (χ4v) is 1.99. The average Bonchev–Trinajstić information content (AvgIpc) is 2.32. The maximum atomic E-state index is 13.3. The van der Waals surface area contributed by atoms with Crippen molar-refractivity contribution >= 4 is 22.2 Å². The maximum absolute atomic E-state index is 13.3. The summed E-state index contributed by atoms with van der Waals surface area (Å²) in [5.41, 5.74) is 0.353. The lowest BCUT2D eigenvalue weighted by Crippen LogP contribution is -2.15. The monoisotopic (exact) mass is 288 g/mol. The van der Waals surface area contributed by atoms with Gasteiger partial charge in [0.05, 0.1) is 11.0 Å². The van der Waals surface area contributed by atoms with Gasteiger partial charge in [0.1, 0.15) is 11.5 Å². The van der Waals surface area contributed by atoms with E-state index in [1.54, 1.807) is 13.2 Å². The van der Waals surface area contributed by atoms with Crippen molar-refractivity contribution in [3.05, 3.63) is 33.6 Å². The van der Waals surface area contributed by atoms with E-state index >= 15 is 0 Å². The highest BCUT2D eigenvalue weighted by molar-refractivity contribution is 7.84. The van der Waals surface area contributed by atoms with Crippen molar-refractivity contribution in [2.24, 2.45) is 0 Å². The first kappa shape index (κ1) is 15.6. The number of rotatable bonds is 6. The molecule has 106 valence electrons. The van der Waals surface area contributed by atoms with Crippen molar-refractivity contribution in [3.8, 4) is 0 Å². The molecule has 1 aromatic carbocycles. The van der Waals surface area contributed by atoms with Gasteiger partial charge in [-0.2, -0.15) is 0 Å². The Hall–Kier alpha value is -1.50. The van der Waals surface area contributed by atoms with Gasteiger partial charge in [-0.1, -0.05) is 6.92 Å². The van der Waals surface area contributed by atoms with Gasteiger partial charge < -0.3 is 5.32 Å². The summed E-state index contributed by atoms with van der Waals surface area (Å²) in [7, 11) is -0.924. The number of nitrogens with zero attached hydrogens (tertiary/aromatic N) is 1. The Morgan fingerprint density at radius 2 is 2.16 bits per heavy atom. The molecule has 0 aromatic heterocycles. The maximum Gasteiger partial charge on any atom is 0.295 e. The van der Waals surface area contributed by atoms with E-state index in [1.165, 1.54) is 6.07 Å². The van der Waals surface area contributed by atoms with Crippen LogP contribution in [-0.2, 0) is 10.8 Å². The van der Waals surface area contributed by atoms with E-state index in [1.807, 2.05) is 6.92 Å². The molecule has 0 radical (unpaired) electrons. The lowest BCUT2D eigenvalue weighted by Gasteiger charge is -2.11.